The highest BCUT2D eigenvalue weighted by Gasteiger charge is 2.06. The van der Waals surface area contributed by atoms with Gasteiger partial charge in [-0.1, -0.05) is 32.6 Å². The average Bonchev–Trinajstić information content (AvgIpc) is 2.59. The van der Waals surface area contributed by atoms with Crippen LogP contribution in [0.25, 0.3) is 0 Å². The fourth-order valence-electron chi connectivity index (χ4n) is 1.76. The van der Waals surface area contributed by atoms with E-state index in [2.05, 4.69) is 11.9 Å². The summed E-state index contributed by atoms with van der Waals surface area (Å²) in [6.45, 7) is 2.23. The first-order chi connectivity index (χ1) is 7.24. The van der Waals surface area contributed by atoms with Crippen LogP contribution in [-0.4, -0.2) is 15.6 Å². The number of nitrogens with zero attached hydrogens (tertiary/aromatic N) is 2. The lowest BCUT2D eigenvalue weighted by molar-refractivity contribution is 0.531. The lowest BCUT2D eigenvalue weighted by Crippen LogP contribution is -2.24. The van der Waals surface area contributed by atoms with Crippen LogP contribution in [0.1, 0.15) is 44.9 Å². The number of imidazole rings is 1. The van der Waals surface area contributed by atoms with E-state index in [4.69, 9.17) is 5.73 Å². The molecular formula is C12H23N3. The third-order valence-electron chi connectivity index (χ3n) is 2.79. The quantitative estimate of drug-likeness (QED) is 0.700. The number of nitrogens with two attached hydrogens (primary N) is 1. The normalized spacial score (nSPS) is 13.0. The number of hydrogen-bond donors (Lipinski definition) is 1. The molecule has 0 aromatic carbocycles. The van der Waals surface area contributed by atoms with Crippen LogP contribution in [-0.2, 0) is 13.5 Å². The van der Waals surface area contributed by atoms with E-state index < -0.39 is 0 Å². The molecule has 0 aliphatic carbocycles. The molecule has 1 unspecified atom stereocenters. The Balaban J connectivity index is 2.18. The van der Waals surface area contributed by atoms with Crippen molar-refractivity contribution in [2.45, 2.75) is 51.5 Å². The first-order valence-corrected chi connectivity index (χ1v) is 5.95. The molecule has 0 bridgehead atoms. The Hall–Kier alpha value is -0.830. The largest absolute Gasteiger partial charge is 0.338 e. The standard InChI is InChI=1S/C12H23N3/c1-3-4-5-6-7-11(13)10-12-14-8-9-15(12)2/h8-9,11H,3-7,10,13H2,1-2H3. The maximum Gasteiger partial charge on any atom is 0.109 e. The molecular weight excluding hydrogens is 186 g/mol. The van der Waals surface area contributed by atoms with Gasteiger partial charge >= 0.3 is 0 Å². The summed E-state index contributed by atoms with van der Waals surface area (Å²) in [5.74, 6) is 1.10. The second kappa shape index (κ2) is 6.62. The molecule has 1 aromatic rings. The zero-order valence-corrected chi connectivity index (χ0v) is 9.95. The Morgan fingerprint density at radius 3 is 2.80 bits per heavy atom. The molecule has 0 saturated carbocycles. The maximum atomic E-state index is 6.06. The molecule has 3 heteroatoms. The molecule has 0 saturated heterocycles. The monoisotopic (exact) mass is 209 g/mol. The van der Waals surface area contributed by atoms with E-state index in [0.29, 0.717) is 0 Å². The van der Waals surface area contributed by atoms with Gasteiger partial charge in [0, 0.05) is 31.9 Å². The predicted octanol–water partition coefficient (Wildman–Crippen LogP) is 2.26. The maximum absolute atomic E-state index is 6.06. The van der Waals surface area contributed by atoms with Crippen molar-refractivity contribution in [1.82, 2.24) is 9.55 Å². The Morgan fingerprint density at radius 2 is 2.20 bits per heavy atom. The van der Waals surface area contributed by atoms with E-state index in [1.54, 1.807) is 0 Å². The fourth-order valence-corrected chi connectivity index (χ4v) is 1.76. The third-order valence-corrected chi connectivity index (χ3v) is 2.79. The van der Waals surface area contributed by atoms with Gasteiger partial charge in [0.2, 0.25) is 0 Å². The molecule has 15 heavy (non-hydrogen) atoms. The van der Waals surface area contributed by atoms with Gasteiger partial charge in [-0.15, -0.1) is 0 Å². The molecule has 0 fully saturated rings. The number of hydrogen-bond acceptors (Lipinski definition) is 2. The van der Waals surface area contributed by atoms with E-state index in [1.807, 2.05) is 24.0 Å². The lowest BCUT2D eigenvalue weighted by atomic mass is 10.1. The molecule has 1 aromatic heterocycles. The second-order valence-corrected chi connectivity index (χ2v) is 4.27. The van der Waals surface area contributed by atoms with E-state index in [9.17, 15) is 0 Å². The molecule has 86 valence electrons. The Morgan fingerprint density at radius 1 is 1.40 bits per heavy atom. The van der Waals surface area contributed by atoms with Crippen LogP contribution in [0.15, 0.2) is 12.4 Å². The number of aromatic nitrogens is 2. The van der Waals surface area contributed by atoms with E-state index in [1.165, 1.54) is 25.7 Å². The van der Waals surface area contributed by atoms with Gasteiger partial charge in [-0.25, -0.2) is 4.98 Å². The summed E-state index contributed by atoms with van der Waals surface area (Å²) in [4.78, 5) is 4.28. The van der Waals surface area contributed by atoms with Crippen molar-refractivity contribution >= 4 is 0 Å². The minimum atomic E-state index is 0.267. The van der Waals surface area contributed by atoms with Gasteiger partial charge in [-0.3, -0.25) is 0 Å². The van der Waals surface area contributed by atoms with Crippen LogP contribution in [0, 0.1) is 0 Å². The molecule has 3 nitrogen and oxygen atoms in total. The van der Waals surface area contributed by atoms with E-state index >= 15 is 0 Å². The lowest BCUT2D eigenvalue weighted by Gasteiger charge is -2.10. The molecule has 0 aliphatic heterocycles. The Labute approximate surface area is 92.7 Å². The molecule has 0 radical (unpaired) electrons. The van der Waals surface area contributed by atoms with Crippen LogP contribution in [0.4, 0.5) is 0 Å². The summed E-state index contributed by atoms with van der Waals surface area (Å²) in [5, 5.41) is 0. The van der Waals surface area contributed by atoms with Crippen molar-refractivity contribution < 1.29 is 0 Å². The molecule has 1 rings (SSSR count). The van der Waals surface area contributed by atoms with Crippen molar-refractivity contribution in [3.8, 4) is 0 Å². The highest BCUT2D eigenvalue weighted by molar-refractivity contribution is 4.93. The molecule has 0 spiro atoms. The fraction of sp³-hybridized carbons (Fsp3) is 0.750. The smallest absolute Gasteiger partial charge is 0.109 e. The van der Waals surface area contributed by atoms with E-state index in [0.717, 1.165) is 18.7 Å². The Bertz CT molecular complexity index is 268. The summed E-state index contributed by atoms with van der Waals surface area (Å²) in [5.41, 5.74) is 6.06. The van der Waals surface area contributed by atoms with Gasteiger partial charge in [0.05, 0.1) is 0 Å². The molecule has 0 amide bonds. The number of rotatable bonds is 7. The van der Waals surface area contributed by atoms with Crippen LogP contribution >= 0.6 is 0 Å². The first-order valence-electron chi connectivity index (χ1n) is 5.95. The van der Waals surface area contributed by atoms with Gasteiger partial charge in [0.15, 0.2) is 0 Å². The highest BCUT2D eigenvalue weighted by Crippen LogP contribution is 2.07. The molecule has 1 heterocycles. The SMILES string of the molecule is CCCCCCC(N)Cc1nccn1C. The van der Waals surface area contributed by atoms with Gasteiger partial charge in [0.1, 0.15) is 5.82 Å². The van der Waals surface area contributed by atoms with E-state index in [-0.39, 0.29) is 6.04 Å². The Kier molecular flexibility index (Phi) is 5.40. The summed E-state index contributed by atoms with van der Waals surface area (Å²) < 4.78 is 2.05. The van der Waals surface area contributed by atoms with Gasteiger partial charge in [-0.05, 0) is 6.42 Å². The van der Waals surface area contributed by atoms with Crippen molar-refractivity contribution in [2.24, 2.45) is 12.8 Å². The topological polar surface area (TPSA) is 43.8 Å². The molecule has 2 N–H and O–H groups in total. The number of unbranched alkanes of at least 4 members (excludes halogenated alkanes) is 3. The summed E-state index contributed by atoms with van der Waals surface area (Å²) >= 11 is 0. The van der Waals surface area contributed by atoms with Crippen LogP contribution in [0.2, 0.25) is 0 Å². The summed E-state index contributed by atoms with van der Waals surface area (Å²) in [6, 6.07) is 0.267. The first kappa shape index (κ1) is 12.2. The minimum Gasteiger partial charge on any atom is -0.338 e. The third kappa shape index (κ3) is 4.47. The highest BCUT2D eigenvalue weighted by atomic mass is 15.0. The van der Waals surface area contributed by atoms with Crippen molar-refractivity contribution in [3.05, 3.63) is 18.2 Å². The summed E-state index contributed by atoms with van der Waals surface area (Å²) in [7, 11) is 2.02. The van der Waals surface area contributed by atoms with Crippen LogP contribution in [0.5, 0.6) is 0 Å². The van der Waals surface area contributed by atoms with Gasteiger partial charge in [-0.2, -0.15) is 0 Å². The predicted molar refractivity (Wildman–Crippen MR) is 63.6 cm³/mol. The summed E-state index contributed by atoms with van der Waals surface area (Å²) in [6.07, 6.45) is 11.0. The van der Waals surface area contributed by atoms with Crippen molar-refractivity contribution in [3.63, 3.8) is 0 Å². The van der Waals surface area contributed by atoms with Crippen molar-refractivity contribution in [2.75, 3.05) is 0 Å². The minimum absolute atomic E-state index is 0.267. The molecule has 0 aliphatic rings. The van der Waals surface area contributed by atoms with Crippen LogP contribution < -0.4 is 5.73 Å². The van der Waals surface area contributed by atoms with Crippen LogP contribution in [0.3, 0.4) is 0 Å². The second-order valence-electron chi connectivity index (χ2n) is 4.27. The zero-order chi connectivity index (χ0) is 11.1. The van der Waals surface area contributed by atoms with Crippen molar-refractivity contribution in [1.29, 1.82) is 0 Å². The molecule has 1 atom stereocenters. The van der Waals surface area contributed by atoms with Gasteiger partial charge < -0.3 is 10.3 Å². The number of aryl methyl sites for hydroxylation is 1. The zero-order valence-electron chi connectivity index (χ0n) is 9.95. The average molecular weight is 209 g/mol. The van der Waals surface area contributed by atoms with Gasteiger partial charge in [0.25, 0.3) is 0 Å².